The minimum atomic E-state index is 0.549. The summed E-state index contributed by atoms with van der Waals surface area (Å²) in [6, 6.07) is 22.2. The minimum absolute atomic E-state index is 0.549. The van der Waals surface area contributed by atoms with E-state index in [1.54, 1.807) is 12.4 Å². The molecule has 0 bridgehead atoms. The molecular weight excluding hydrogens is 338 g/mol. The lowest BCUT2D eigenvalue weighted by Gasteiger charge is -2.32. The Labute approximate surface area is 154 Å². The highest BCUT2D eigenvalue weighted by Gasteiger charge is 2.25. The molecule has 6 rings (SSSR count). The van der Waals surface area contributed by atoms with Gasteiger partial charge in [-0.25, -0.2) is 9.97 Å². The van der Waals surface area contributed by atoms with Crippen LogP contribution in [-0.4, -0.2) is 9.97 Å². The second-order valence-corrected chi connectivity index (χ2v) is 6.37. The van der Waals surface area contributed by atoms with E-state index in [1.807, 2.05) is 48.5 Å². The summed E-state index contributed by atoms with van der Waals surface area (Å²) in [6.07, 6.45) is 3.32. The number of hydrogen-bond donors (Lipinski definition) is 0. The molecule has 0 unspecified atom stereocenters. The second kappa shape index (κ2) is 5.32. The molecule has 0 spiro atoms. The van der Waals surface area contributed by atoms with E-state index >= 15 is 0 Å². The van der Waals surface area contributed by atoms with Crippen molar-refractivity contribution in [1.82, 2.24) is 9.97 Å². The molecule has 5 nitrogen and oxygen atoms in total. The molecule has 0 N–H and O–H groups in total. The lowest BCUT2D eigenvalue weighted by Crippen LogP contribution is -2.15. The van der Waals surface area contributed by atoms with Crippen molar-refractivity contribution in [3.63, 3.8) is 0 Å². The third-order valence-corrected chi connectivity index (χ3v) is 4.78. The van der Waals surface area contributed by atoms with Gasteiger partial charge in [-0.05, 0) is 36.4 Å². The summed E-state index contributed by atoms with van der Waals surface area (Å²) >= 11 is 0. The van der Waals surface area contributed by atoms with Crippen LogP contribution in [0.15, 0.2) is 83.5 Å². The molecule has 1 aliphatic heterocycles. The molecule has 0 amide bonds. The van der Waals surface area contributed by atoms with Crippen molar-refractivity contribution in [2.24, 2.45) is 0 Å². The van der Waals surface area contributed by atoms with Crippen LogP contribution in [-0.2, 0) is 0 Å². The molecule has 3 aromatic carbocycles. The third-order valence-electron chi connectivity index (χ3n) is 4.78. The predicted molar refractivity (Wildman–Crippen MR) is 104 cm³/mol. The average molecular weight is 351 g/mol. The van der Waals surface area contributed by atoms with E-state index in [0.29, 0.717) is 5.71 Å². The van der Waals surface area contributed by atoms with Crippen molar-refractivity contribution in [3.05, 3.63) is 79.1 Å². The number of ether oxygens (including phenoxy) is 1. The molecule has 1 aliphatic rings. The number of furan rings is 1. The van der Waals surface area contributed by atoms with Crippen molar-refractivity contribution in [1.29, 1.82) is 0 Å². The molecule has 0 atom stereocenters. The van der Waals surface area contributed by atoms with Crippen LogP contribution in [0.2, 0.25) is 0 Å². The first kappa shape index (κ1) is 14.3. The van der Waals surface area contributed by atoms with Gasteiger partial charge < -0.3 is 14.1 Å². The Kier molecular flexibility index (Phi) is 2.82. The summed E-state index contributed by atoms with van der Waals surface area (Å²) < 4.78 is 12.0. The maximum atomic E-state index is 6.08. The van der Waals surface area contributed by atoms with E-state index in [2.05, 4.69) is 33.1 Å². The van der Waals surface area contributed by atoms with E-state index in [1.165, 1.54) is 0 Å². The monoisotopic (exact) mass is 351 g/mol. The normalized spacial score (nSPS) is 12.7. The van der Waals surface area contributed by atoms with Crippen LogP contribution in [0, 0.1) is 0 Å². The molecule has 128 valence electrons. The fourth-order valence-electron chi connectivity index (χ4n) is 3.60. The molecule has 2 aromatic heterocycles. The lowest BCUT2D eigenvalue weighted by molar-refractivity contribution is 0.477. The summed E-state index contributed by atoms with van der Waals surface area (Å²) in [7, 11) is 0. The van der Waals surface area contributed by atoms with E-state index < -0.39 is 0 Å². The number of nitrogens with zero attached hydrogens (tertiary/aromatic N) is 3. The van der Waals surface area contributed by atoms with E-state index in [0.717, 1.165) is 45.0 Å². The van der Waals surface area contributed by atoms with Gasteiger partial charge in [0.05, 0.1) is 17.1 Å². The topological polar surface area (TPSA) is 51.4 Å². The summed E-state index contributed by atoms with van der Waals surface area (Å²) in [4.78, 5) is 10.8. The maximum Gasteiger partial charge on any atom is 0.246 e. The summed E-state index contributed by atoms with van der Waals surface area (Å²) in [5.74, 6) is 1.65. The number of aromatic nitrogens is 2. The van der Waals surface area contributed by atoms with Gasteiger partial charge in [-0.15, -0.1) is 0 Å². The molecule has 0 saturated carbocycles. The van der Waals surface area contributed by atoms with Crippen LogP contribution >= 0.6 is 0 Å². The molecule has 3 heterocycles. The van der Waals surface area contributed by atoms with Gasteiger partial charge >= 0.3 is 0 Å². The van der Waals surface area contributed by atoms with Gasteiger partial charge in [0.1, 0.15) is 11.1 Å². The van der Waals surface area contributed by atoms with Crippen LogP contribution in [0.3, 0.4) is 0 Å². The largest absolute Gasteiger partial charge is 0.453 e. The lowest BCUT2D eigenvalue weighted by atomic mass is 10.1. The number of fused-ring (bicyclic) bond motifs is 5. The van der Waals surface area contributed by atoms with Crippen LogP contribution in [0.25, 0.3) is 22.2 Å². The second-order valence-electron chi connectivity index (χ2n) is 6.37. The molecule has 0 fully saturated rings. The highest BCUT2D eigenvalue weighted by molar-refractivity contribution is 6.02. The minimum Gasteiger partial charge on any atom is -0.453 e. The Morgan fingerprint density at radius 1 is 0.741 bits per heavy atom. The maximum absolute atomic E-state index is 6.08. The Balaban J connectivity index is 1.61. The van der Waals surface area contributed by atoms with Gasteiger partial charge in [0.25, 0.3) is 0 Å². The molecule has 0 saturated heterocycles. The Hall–Kier alpha value is -3.86. The molecule has 5 heteroatoms. The van der Waals surface area contributed by atoms with Gasteiger partial charge in [-0.3, -0.25) is 0 Å². The predicted octanol–water partition coefficient (Wildman–Crippen LogP) is 5.95. The highest BCUT2D eigenvalue weighted by Crippen LogP contribution is 2.50. The van der Waals surface area contributed by atoms with Crippen molar-refractivity contribution in [3.8, 4) is 11.5 Å². The van der Waals surface area contributed by atoms with Gasteiger partial charge in [0, 0.05) is 23.8 Å². The standard InChI is InChI=1S/C22H13N3O2/c1-3-7-18-16(5-1)25(17-6-2-4-8-19(17)26-18)14-9-10-15-20(13-14)27-22-21(15)23-11-12-24-22/h1-13H. The summed E-state index contributed by atoms with van der Waals surface area (Å²) in [5.41, 5.74) is 5.06. The van der Waals surface area contributed by atoms with Crippen molar-refractivity contribution in [2.75, 3.05) is 4.90 Å². The molecule has 5 aromatic rings. The summed E-state index contributed by atoms with van der Waals surface area (Å²) in [5, 5.41) is 0.955. The Bertz CT molecular complexity index is 1280. The van der Waals surface area contributed by atoms with E-state index in [-0.39, 0.29) is 0 Å². The quantitative estimate of drug-likeness (QED) is 0.366. The van der Waals surface area contributed by atoms with Crippen molar-refractivity contribution < 1.29 is 9.15 Å². The average Bonchev–Trinajstić information content (AvgIpc) is 3.09. The fraction of sp³-hybridized carbons (Fsp3) is 0. The summed E-state index contributed by atoms with van der Waals surface area (Å²) in [6.45, 7) is 0. The first-order valence-corrected chi connectivity index (χ1v) is 8.68. The zero-order valence-corrected chi connectivity index (χ0v) is 14.2. The zero-order chi connectivity index (χ0) is 17.8. The molecular formula is C22H13N3O2. The number of para-hydroxylation sites is 4. The van der Waals surface area contributed by atoms with Gasteiger partial charge in [0.2, 0.25) is 5.71 Å². The zero-order valence-electron chi connectivity index (χ0n) is 14.2. The van der Waals surface area contributed by atoms with E-state index in [9.17, 15) is 0 Å². The fourth-order valence-corrected chi connectivity index (χ4v) is 3.60. The molecule has 0 radical (unpaired) electrons. The SMILES string of the molecule is c1ccc2c(c1)Oc1ccccc1N2c1ccc2c(c1)oc1nccnc12. The van der Waals surface area contributed by atoms with Gasteiger partial charge in [-0.2, -0.15) is 0 Å². The van der Waals surface area contributed by atoms with Crippen molar-refractivity contribution in [2.45, 2.75) is 0 Å². The third kappa shape index (κ3) is 2.05. The number of anilines is 3. The number of rotatable bonds is 1. The van der Waals surface area contributed by atoms with E-state index in [4.69, 9.17) is 9.15 Å². The van der Waals surface area contributed by atoms with Crippen LogP contribution in [0.5, 0.6) is 11.5 Å². The highest BCUT2D eigenvalue weighted by atomic mass is 16.5. The molecule has 27 heavy (non-hydrogen) atoms. The number of hydrogen-bond acceptors (Lipinski definition) is 5. The smallest absolute Gasteiger partial charge is 0.246 e. The first-order chi connectivity index (χ1) is 13.4. The number of benzene rings is 3. The van der Waals surface area contributed by atoms with Crippen LogP contribution in [0.4, 0.5) is 17.1 Å². The molecule has 0 aliphatic carbocycles. The van der Waals surface area contributed by atoms with Crippen LogP contribution in [0.1, 0.15) is 0 Å². The first-order valence-electron chi connectivity index (χ1n) is 8.68. The van der Waals surface area contributed by atoms with Gasteiger partial charge in [0.15, 0.2) is 11.5 Å². The van der Waals surface area contributed by atoms with Crippen LogP contribution < -0.4 is 9.64 Å². The van der Waals surface area contributed by atoms with Gasteiger partial charge in [-0.1, -0.05) is 24.3 Å². The Morgan fingerprint density at radius 2 is 1.44 bits per heavy atom. The van der Waals surface area contributed by atoms with Crippen molar-refractivity contribution >= 4 is 39.3 Å². The Morgan fingerprint density at radius 3 is 2.22 bits per heavy atom.